The topological polar surface area (TPSA) is 71.3 Å². The van der Waals surface area contributed by atoms with E-state index in [1.165, 1.54) is 12.1 Å². The van der Waals surface area contributed by atoms with Crippen LogP contribution in [-0.4, -0.2) is 34.9 Å². The average molecular weight is 433 g/mol. The minimum atomic E-state index is -0.385. The molecule has 1 fully saturated rings. The first-order valence-electron chi connectivity index (χ1n) is 9.15. The van der Waals surface area contributed by atoms with Crippen molar-refractivity contribution >= 4 is 40.6 Å². The first-order valence-corrected chi connectivity index (χ1v) is 10.5. The van der Waals surface area contributed by atoms with E-state index in [4.69, 9.17) is 16.0 Å². The molecule has 9 heteroatoms. The number of anilines is 2. The molecule has 1 saturated heterocycles. The first-order chi connectivity index (χ1) is 14.1. The fourth-order valence-corrected chi connectivity index (χ4v) is 3.90. The molecule has 6 nitrogen and oxygen atoms in total. The maximum atomic E-state index is 13.3. The average Bonchev–Trinajstić information content (AvgIpc) is 3.39. The molecule has 150 valence electrons. The first kappa shape index (κ1) is 19.7. The Hall–Kier alpha value is -2.58. The Balaban J connectivity index is 1.39. The van der Waals surface area contributed by atoms with Crippen LogP contribution in [0.5, 0.6) is 0 Å². The van der Waals surface area contributed by atoms with Crippen LogP contribution in [0.15, 0.2) is 52.1 Å². The van der Waals surface area contributed by atoms with E-state index in [0.29, 0.717) is 16.3 Å². The molecule has 29 heavy (non-hydrogen) atoms. The second-order valence-electron chi connectivity index (χ2n) is 6.58. The predicted octanol–water partition coefficient (Wildman–Crippen LogP) is 4.86. The SMILES string of the molecule is O=C(CSc1nnc(-c2cccc(F)c2)o1)Nc1cc(Cl)ccc1N1CCCC1. The van der Waals surface area contributed by atoms with Crippen LogP contribution in [0.4, 0.5) is 15.8 Å². The Labute approximate surface area is 176 Å². The van der Waals surface area contributed by atoms with Crippen LogP contribution in [0.2, 0.25) is 5.02 Å². The van der Waals surface area contributed by atoms with Crippen LogP contribution in [0, 0.1) is 5.82 Å². The van der Waals surface area contributed by atoms with E-state index in [2.05, 4.69) is 20.4 Å². The second-order valence-corrected chi connectivity index (χ2v) is 7.94. The van der Waals surface area contributed by atoms with Gasteiger partial charge in [-0.25, -0.2) is 4.39 Å². The number of hydrogen-bond donors (Lipinski definition) is 1. The summed E-state index contributed by atoms with van der Waals surface area (Å²) in [6.07, 6.45) is 2.27. The van der Waals surface area contributed by atoms with Crippen molar-refractivity contribution in [2.75, 3.05) is 29.1 Å². The van der Waals surface area contributed by atoms with Crippen LogP contribution in [0.3, 0.4) is 0 Å². The van der Waals surface area contributed by atoms with Gasteiger partial charge in [0.25, 0.3) is 5.22 Å². The third kappa shape index (κ3) is 4.89. The fraction of sp³-hybridized carbons (Fsp3) is 0.250. The van der Waals surface area contributed by atoms with E-state index in [0.717, 1.165) is 43.4 Å². The standard InChI is InChI=1S/C20H18ClFN4O2S/c21-14-6-7-17(26-8-1-2-9-26)16(11-14)23-18(27)12-29-20-25-24-19(28-20)13-4-3-5-15(22)10-13/h3-7,10-11H,1-2,8-9,12H2,(H,23,27). The van der Waals surface area contributed by atoms with E-state index in [1.807, 2.05) is 12.1 Å². The number of carbonyl (C=O) groups excluding carboxylic acids is 1. The molecule has 0 bridgehead atoms. The van der Waals surface area contributed by atoms with Gasteiger partial charge in [-0.15, -0.1) is 10.2 Å². The number of nitrogens with zero attached hydrogens (tertiary/aromatic N) is 3. The summed E-state index contributed by atoms with van der Waals surface area (Å²) in [4.78, 5) is 14.7. The maximum absolute atomic E-state index is 13.3. The van der Waals surface area contributed by atoms with Gasteiger partial charge in [-0.3, -0.25) is 4.79 Å². The van der Waals surface area contributed by atoms with Crippen LogP contribution in [0.1, 0.15) is 12.8 Å². The van der Waals surface area contributed by atoms with E-state index in [9.17, 15) is 9.18 Å². The molecule has 0 atom stereocenters. The summed E-state index contributed by atoms with van der Waals surface area (Å²) in [5, 5.41) is 11.5. The Kier molecular flexibility index (Phi) is 6.01. The molecule has 3 aromatic rings. The van der Waals surface area contributed by atoms with Gasteiger partial charge in [0, 0.05) is 23.7 Å². The van der Waals surface area contributed by atoms with Crippen molar-refractivity contribution in [2.24, 2.45) is 0 Å². The Morgan fingerprint density at radius 2 is 2.03 bits per heavy atom. The van der Waals surface area contributed by atoms with Crippen molar-refractivity contribution < 1.29 is 13.6 Å². The molecule has 2 heterocycles. The number of thioether (sulfide) groups is 1. The van der Waals surface area contributed by atoms with Crippen molar-refractivity contribution in [3.8, 4) is 11.5 Å². The third-order valence-corrected chi connectivity index (χ3v) is 5.54. The molecule has 0 radical (unpaired) electrons. The van der Waals surface area contributed by atoms with E-state index >= 15 is 0 Å². The number of amides is 1. The Morgan fingerprint density at radius 1 is 1.21 bits per heavy atom. The molecule has 4 rings (SSSR count). The zero-order valence-corrected chi connectivity index (χ0v) is 17.0. The van der Waals surface area contributed by atoms with Gasteiger partial charge < -0.3 is 14.6 Å². The van der Waals surface area contributed by atoms with E-state index in [-0.39, 0.29) is 28.6 Å². The quantitative estimate of drug-likeness (QED) is 0.561. The number of halogens is 2. The highest BCUT2D eigenvalue weighted by Gasteiger charge is 2.18. The summed E-state index contributed by atoms with van der Waals surface area (Å²) in [5.74, 6) is -0.289. The summed E-state index contributed by atoms with van der Waals surface area (Å²) >= 11 is 7.23. The smallest absolute Gasteiger partial charge is 0.277 e. The third-order valence-electron chi connectivity index (χ3n) is 4.48. The molecule has 1 N–H and O–H groups in total. The fourth-order valence-electron chi connectivity index (χ4n) is 3.16. The number of aromatic nitrogens is 2. The normalized spacial score (nSPS) is 13.7. The molecule has 1 aromatic heterocycles. The summed E-state index contributed by atoms with van der Waals surface area (Å²) in [6.45, 7) is 1.92. The second kappa shape index (κ2) is 8.84. The molecular formula is C20H18ClFN4O2S. The van der Waals surface area contributed by atoms with E-state index in [1.54, 1.807) is 18.2 Å². The molecule has 0 unspecified atom stereocenters. The van der Waals surface area contributed by atoms with Gasteiger partial charge in [-0.05, 0) is 49.2 Å². The molecule has 2 aromatic carbocycles. The van der Waals surface area contributed by atoms with Crippen molar-refractivity contribution in [2.45, 2.75) is 18.1 Å². The van der Waals surface area contributed by atoms with Crippen LogP contribution < -0.4 is 10.2 Å². The molecule has 1 aliphatic rings. The minimum Gasteiger partial charge on any atom is -0.411 e. The Bertz CT molecular complexity index is 1020. The molecule has 1 aliphatic heterocycles. The summed E-state index contributed by atoms with van der Waals surface area (Å²) in [6, 6.07) is 11.4. The lowest BCUT2D eigenvalue weighted by molar-refractivity contribution is -0.113. The summed E-state index contributed by atoms with van der Waals surface area (Å²) in [7, 11) is 0. The number of carbonyl (C=O) groups is 1. The van der Waals surface area contributed by atoms with Gasteiger partial charge in [0.1, 0.15) is 5.82 Å². The number of hydrogen-bond acceptors (Lipinski definition) is 6. The monoisotopic (exact) mass is 432 g/mol. The van der Waals surface area contributed by atoms with Crippen molar-refractivity contribution in [1.82, 2.24) is 10.2 Å². The predicted molar refractivity (Wildman–Crippen MR) is 112 cm³/mol. The minimum absolute atomic E-state index is 0.0940. The summed E-state index contributed by atoms with van der Waals surface area (Å²) in [5.41, 5.74) is 2.15. The van der Waals surface area contributed by atoms with Gasteiger partial charge in [-0.2, -0.15) is 0 Å². The lowest BCUT2D eigenvalue weighted by Crippen LogP contribution is -2.21. The van der Waals surface area contributed by atoms with Crippen LogP contribution in [0.25, 0.3) is 11.5 Å². The van der Waals surface area contributed by atoms with Crippen LogP contribution in [-0.2, 0) is 4.79 Å². The molecule has 0 aliphatic carbocycles. The molecule has 1 amide bonds. The number of benzene rings is 2. The van der Waals surface area contributed by atoms with Gasteiger partial charge in [0.15, 0.2) is 0 Å². The van der Waals surface area contributed by atoms with Gasteiger partial charge >= 0.3 is 0 Å². The van der Waals surface area contributed by atoms with Crippen molar-refractivity contribution in [1.29, 1.82) is 0 Å². The van der Waals surface area contributed by atoms with Crippen molar-refractivity contribution in [3.63, 3.8) is 0 Å². The molecule has 0 saturated carbocycles. The zero-order chi connectivity index (χ0) is 20.2. The van der Waals surface area contributed by atoms with Crippen molar-refractivity contribution in [3.05, 3.63) is 53.3 Å². The highest BCUT2D eigenvalue weighted by Crippen LogP contribution is 2.32. The van der Waals surface area contributed by atoms with Gasteiger partial charge in [-0.1, -0.05) is 29.4 Å². The largest absolute Gasteiger partial charge is 0.411 e. The summed E-state index contributed by atoms with van der Waals surface area (Å²) < 4.78 is 18.8. The molecular weight excluding hydrogens is 415 g/mol. The number of rotatable bonds is 6. The zero-order valence-electron chi connectivity index (χ0n) is 15.4. The number of nitrogens with one attached hydrogen (secondary N) is 1. The van der Waals surface area contributed by atoms with Gasteiger partial charge in [0.2, 0.25) is 11.8 Å². The molecule has 0 spiro atoms. The Morgan fingerprint density at radius 3 is 2.83 bits per heavy atom. The van der Waals surface area contributed by atoms with E-state index < -0.39 is 0 Å². The van der Waals surface area contributed by atoms with Crippen LogP contribution >= 0.6 is 23.4 Å². The highest BCUT2D eigenvalue weighted by molar-refractivity contribution is 7.99. The van der Waals surface area contributed by atoms with Gasteiger partial charge in [0.05, 0.1) is 17.1 Å². The lowest BCUT2D eigenvalue weighted by atomic mass is 10.2. The lowest BCUT2D eigenvalue weighted by Gasteiger charge is -2.21. The highest BCUT2D eigenvalue weighted by atomic mass is 35.5. The maximum Gasteiger partial charge on any atom is 0.277 e.